The van der Waals surface area contributed by atoms with Crippen LogP contribution < -0.4 is 10.1 Å². The molecule has 1 aliphatic heterocycles. The monoisotopic (exact) mass is 452 g/mol. The molecule has 0 bridgehead atoms. The lowest BCUT2D eigenvalue weighted by Gasteiger charge is -2.35. The van der Waals surface area contributed by atoms with Gasteiger partial charge >= 0.3 is 5.97 Å². The van der Waals surface area contributed by atoms with E-state index in [1.54, 1.807) is 0 Å². The number of nitrogens with one attached hydrogen (secondary N) is 1. The number of amides is 1. The Bertz CT molecular complexity index is 956. The topological polar surface area (TPSA) is 78.9 Å². The van der Waals surface area contributed by atoms with Gasteiger partial charge in [-0.25, -0.2) is 0 Å². The fourth-order valence-electron chi connectivity index (χ4n) is 4.23. The Morgan fingerprint density at radius 3 is 2.58 bits per heavy atom. The zero-order valence-corrected chi connectivity index (χ0v) is 19.8. The third-order valence-electron chi connectivity index (χ3n) is 6.26. The second-order valence-electron chi connectivity index (χ2n) is 9.01. The second-order valence-corrected chi connectivity index (χ2v) is 9.01. The SMILES string of the molecule is CC(C)N1CCC(NC(=O)/C(=C/CCCCC(=O)O)COc2cccc3ccccc23)CC1. The van der Waals surface area contributed by atoms with Crippen LogP contribution in [0, 0.1) is 0 Å². The predicted molar refractivity (Wildman–Crippen MR) is 132 cm³/mol. The van der Waals surface area contributed by atoms with Crippen LogP contribution in [0.15, 0.2) is 54.1 Å². The molecule has 1 saturated heterocycles. The molecule has 1 amide bonds. The molecule has 0 spiro atoms. The standard InChI is InChI=1S/C27H36N2O4/c1-20(2)29-17-15-23(16-18-29)28-27(32)22(10-4-3-5-14-26(30)31)19-33-25-13-8-11-21-9-6-7-12-24(21)25/h6-13,20,23H,3-5,14-19H2,1-2H3,(H,28,32)(H,30,31)/b22-10+. The van der Waals surface area contributed by atoms with E-state index in [9.17, 15) is 9.59 Å². The van der Waals surface area contributed by atoms with Crippen LogP contribution in [0.2, 0.25) is 0 Å². The van der Waals surface area contributed by atoms with Crippen molar-refractivity contribution in [1.82, 2.24) is 10.2 Å². The Hall–Kier alpha value is -2.86. The number of carbonyl (C=O) groups excluding carboxylic acids is 1. The number of aliphatic carboxylic acids is 1. The molecule has 2 aromatic carbocycles. The molecule has 0 radical (unpaired) electrons. The fraction of sp³-hybridized carbons (Fsp3) is 0.481. The summed E-state index contributed by atoms with van der Waals surface area (Å²) in [5.74, 6) is -0.122. The molecule has 1 aliphatic rings. The molecule has 3 rings (SSSR count). The molecule has 1 heterocycles. The minimum absolute atomic E-state index is 0.0866. The highest BCUT2D eigenvalue weighted by molar-refractivity contribution is 5.94. The molecule has 2 aromatic rings. The number of ether oxygens (including phenoxy) is 1. The number of unbranched alkanes of at least 4 members (excludes halogenated alkanes) is 2. The van der Waals surface area contributed by atoms with Crippen LogP contribution in [0.3, 0.4) is 0 Å². The lowest BCUT2D eigenvalue weighted by atomic mass is 10.0. The molecule has 0 saturated carbocycles. The Labute approximate surface area is 196 Å². The maximum atomic E-state index is 13.1. The first-order chi connectivity index (χ1) is 15.9. The van der Waals surface area contributed by atoms with Gasteiger partial charge in [-0.15, -0.1) is 0 Å². The predicted octanol–water partition coefficient (Wildman–Crippen LogP) is 4.78. The molecular formula is C27H36N2O4. The van der Waals surface area contributed by atoms with Gasteiger partial charge in [-0.2, -0.15) is 0 Å². The number of carbonyl (C=O) groups is 2. The van der Waals surface area contributed by atoms with Gasteiger partial charge in [0.15, 0.2) is 0 Å². The first-order valence-electron chi connectivity index (χ1n) is 12.0. The number of likely N-dealkylation sites (tertiary alicyclic amines) is 1. The first-order valence-corrected chi connectivity index (χ1v) is 12.0. The molecule has 33 heavy (non-hydrogen) atoms. The summed E-state index contributed by atoms with van der Waals surface area (Å²) in [6, 6.07) is 14.6. The zero-order valence-electron chi connectivity index (χ0n) is 19.8. The van der Waals surface area contributed by atoms with Gasteiger partial charge < -0.3 is 20.1 Å². The van der Waals surface area contributed by atoms with Crippen LogP contribution in [0.4, 0.5) is 0 Å². The highest BCUT2D eigenvalue weighted by atomic mass is 16.5. The smallest absolute Gasteiger partial charge is 0.303 e. The van der Waals surface area contributed by atoms with Gasteiger partial charge in [-0.3, -0.25) is 9.59 Å². The van der Waals surface area contributed by atoms with E-state index in [1.807, 2.05) is 48.5 Å². The third-order valence-corrected chi connectivity index (χ3v) is 6.26. The van der Waals surface area contributed by atoms with E-state index in [0.717, 1.165) is 48.9 Å². The average Bonchev–Trinajstić information content (AvgIpc) is 2.81. The highest BCUT2D eigenvalue weighted by Crippen LogP contribution is 2.25. The number of carboxylic acid groups (broad SMARTS) is 1. The summed E-state index contributed by atoms with van der Waals surface area (Å²) in [7, 11) is 0. The quantitative estimate of drug-likeness (QED) is 0.379. The highest BCUT2D eigenvalue weighted by Gasteiger charge is 2.23. The van der Waals surface area contributed by atoms with E-state index in [0.29, 0.717) is 24.5 Å². The maximum absolute atomic E-state index is 13.1. The summed E-state index contributed by atoms with van der Waals surface area (Å²) in [6.45, 7) is 6.57. The van der Waals surface area contributed by atoms with Crippen molar-refractivity contribution in [3.63, 3.8) is 0 Å². The normalized spacial score (nSPS) is 15.7. The Balaban J connectivity index is 1.64. The van der Waals surface area contributed by atoms with Gasteiger partial charge in [0, 0.05) is 37.0 Å². The minimum Gasteiger partial charge on any atom is -0.488 e. The number of fused-ring (bicyclic) bond motifs is 1. The molecule has 178 valence electrons. The Morgan fingerprint density at radius 2 is 1.85 bits per heavy atom. The molecule has 0 unspecified atom stereocenters. The summed E-state index contributed by atoms with van der Waals surface area (Å²) in [4.78, 5) is 26.3. The lowest BCUT2D eigenvalue weighted by molar-refractivity contribution is -0.137. The van der Waals surface area contributed by atoms with E-state index < -0.39 is 5.97 Å². The van der Waals surface area contributed by atoms with Crippen molar-refractivity contribution in [3.8, 4) is 5.75 Å². The lowest BCUT2D eigenvalue weighted by Crippen LogP contribution is -2.47. The van der Waals surface area contributed by atoms with E-state index in [4.69, 9.17) is 9.84 Å². The van der Waals surface area contributed by atoms with E-state index in [2.05, 4.69) is 24.1 Å². The third kappa shape index (κ3) is 7.60. The average molecular weight is 453 g/mol. The van der Waals surface area contributed by atoms with Gasteiger partial charge in [0.05, 0.1) is 5.57 Å². The van der Waals surface area contributed by atoms with Crippen LogP contribution in [0.5, 0.6) is 5.75 Å². The number of hydrogen-bond acceptors (Lipinski definition) is 4. The molecular weight excluding hydrogens is 416 g/mol. The van der Waals surface area contributed by atoms with Crippen LogP contribution in [-0.2, 0) is 9.59 Å². The molecule has 2 N–H and O–H groups in total. The fourth-order valence-corrected chi connectivity index (χ4v) is 4.23. The number of piperidine rings is 1. The van der Waals surface area contributed by atoms with E-state index in [1.165, 1.54) is 0 Å². The van der Waals surface area contributed by atoms with Gasteiger partial charge in [0.2, 0.25) is 0 Å². The van der Waals surface area contributed by atoms with Crippen molar-refractivity contribution in [1.29, 1.82) is 0 Å². The van der Waals surface area contributed by atoms with Crippen molar-refractivity contribution in [2.24, 2.45) is 0 Å². The minimum atomic E-state index is -0.788. The number of nitrogens with zero attached hydrogens (tertiary/aromatic N) is 1. The number of benzene rings is 2. The van der Waals surface area contributed by atoms with Gasteiger partial charge in [0.1, 0.15) is 12.4 Å². The molecule has 6 heteroatoms. The van der Waals surface area contributed by atoms with Crippen LogP contribution >= 0.6 is 0 Å². The van der Waals surface area contributed by atoms with Crippen LogP contribution in [-0.4, -0.2) is 53.7 Å². The number of carboxylic acids is 1. The number of hydrogen-bond donors (Lipinski definition) is 2. The largest absolute Gasteiger partial charge is 0.488 e. The van der Waals surface area contributed by atoms with Crippen LogP contribution in [0.1, 0.15) is 52.4 Å². The molecule has 0 aromatic heterocycles. The summed E-state index contributed by atoms with van der Waals surface area (Å²) in [5.41, 5.74) is 0.601. The Kier molecular flexibility index (Phi) is 9.31. The van der Waals surface area contributed by atoms with Crippen molar-refractivity contribution >= 4 is 22.6 Å². The second kappa shape index (κ2) is 12.4. The summed E-state index contributed by atoms with van der Waals surface area (Å²) < 4.78 is 6.10. The zero-order chi connectivity index (χ0) is 23.6. The number of rotatable bonds is 11. The maximum Gasteiger partial charge on any atom is 0.303 e. The molecule has 6 nitrogen and oxygen atoms in total. The summed E-state index contributed by atoms with van der Waals surface area (Å²) in [5, 5.41) is 14.2. The summed E-state index contributed by atoms with van der Waals surface area (Å²) >= 11 is 0. The number of allylic oxidation sites excluding steroid dienone is 1. The van der Waals surface area contributed by atoms with Gasteiger partial charge in [-0.1, -0.05) is 42.5 Å². The molecule has 1 fully saturated rings. The van der Waals surface area contributed by atoms with Crippen molar-refractivity contribution < 1.29 is 19.4 Å². The van der Waals surface area contributed by atoms with E-state index >= 15 is 0 Å². The van der Waals surface area contributed by atoms with Crippen molar-refractivity contribution in [2.75, 3.05) is 19.7 Å². The Morgan fingerprint density at radius 1 is 1.12 bits per heavy atom. The van der Waals surface area contributed by atoms with Crippen LogP contribution in [0.25, 0.3) is 10.8 Å². The molecule has 0 aliphatic carbocycles. The first kappa shape index (κ1) is 24.8. The van der Waals surface area contributed by atoms with Crippen molar-refractivity contribution in [3.05, 3.63) is 54.1 Å². The summed E-state index contributed by atoms with van der Waals surface area (Å²) in [6.07, 6.45) is 5.92. The van der Waals surface area contributed by atoms with E-state index in [-0.39, 0.29) is 25.0 Å². The van der Waals surface area contributed by atoms with Crippen molar-refractivity contribution in [2.45, 2.75) is 64.5 Å². The van der Waals surface area contributed by atoms with Gasteiger partial charge in [-0.05, 0) is 57.4 Å². The van der Waals surface area contributed by atoms with Gasteiger partial charge in [0.25, 0.3) is 5.91 Å². The molecule has 0 atom stereocenters.